The van der Waals surface area contributed by atoms with Crippen LogP contribution in [0.5, 0.6) is 0 Å². The number of hydrogen-bond acceptors (Lipinski definition) is 12. The summed E-state index contributed by atoms with van der Waals surface area (Å²) in [6.45, 7) is -1.17. The third kappa shape index (κ3) is 7.09. The summed E-state index contributed by atoms with van der Waals surface area (Å²) in [7, 11) is 2.60. The number of carbonyl (C=O) groups excluding carboxylic acids is 1. The van der Waals surface area contributed by atoms with Gasteiger partial charge in [0, 0.05) is 36.8 Å². The summed E-state index contributed by atoms with van der Waals surface area (Å²) in [5, 5.41) is 55.2. The Morgan fingerprint density at radius 2 is 1.22 bits per heavy atom. The summed E-state index contributed by atoms with van der Waals surface area (Å²) in [6.07, 6.45) is -11.9. The minimum atomic E-state index is -1.59. The molecule has 46 heavy (non-hydrogen) atoms. The number of rotatable bonds is 11. The first-order chi connectivity index (χ1) is 22.3. The number of carbonyl (C=O) groups is 1. The molecule has 248 valence electrons. The molecule has 1 amide bonds. The van der Waals surface area contributed by atoms with Crippen molar-refractivity contribution < 1.29 is 54.0 Å². The number of aliphatic hydroxyl groups excluding tert-OH is 5. The van der Waals surface area contributed by atoms with E-state index in [1.54, 1.807) is 24.3 Å². The highest BCUT2D eigenvalue weighted by atomic mass is 16.7. The SMILES string of the molecule is COC1OC(CO)C(OC2OC(CO)C(OC)C(O)C2NC(=O)c2ccc(N(c3ccccc3)c3ccccc3)cc2)C(O)C1O. The molecule has 0 aliphatic carbocycles. The van der Waals surface area contributed by atoms with Gasteiger partial charge in [0.15, 0.2) is 12.6 Å². The number of anilines is 3. The largest absolute Gasteiger partial charge is 0.394 e. The Hall–Kier alpha value is -3.47. The van der Waals surface area contributed by atoms with Gasteiger partial charge in [-0.1, -0.05) is 36.4 Å². The van der Waals surface area contributed by atoms with Gasteiger partial charge in [-0.3, -0.25) is 4.79 Å². The zero-order valence-electron chi connectivity index (χ0n) is 25.4. The smallest absolute Gasteiger partial charge is 0.251 e. The molecule has 3 aromatic carbocycles. The summed E-state index contributed by atoms with van der Waals surface area (Å²) in [4.78, 5) is 15.6. The molecule has 2 aliphatic heterocycles. The third-order valence-corrected chi connectivity index (χ3v) is 8.18. The summed E-state index contributed by atoms with van der Waals surface area (Å²) >= 11 is 0. The number of hydrogen-bond donors (Lipinski definition) is 6. The van der Waals surface area contributed by atoms with Crippen molar-refractivity contribution in [2.24, 2.45) is 0 Å². The number of benzene rings is 3. The van der Waals surface area contributed by atoms with Crippen LogP contribution in [0.1, 0.15) is 10.4 Å². The fourth-order valence-electron chi connectivity index (χ4n) is 5.80. The Kier molecular flexibility index (Phi) is 11.4. The number of ether oxygens (including phenoxy) is 5. The molecule has 6 N–H and O–H groups in total. The van der Waals surface area contributed by atoms with Gasteiger partial charge in [-0.05, 0) is 48.5 Å². The summed E-state index contributed by atoms with van der Waals surface area (Å²) in [5.74, 6) is -0.574. The van der Waals surface area contributed by atoms with Crippen LogP contribution in [0.4, 0.5) is 17.1 Å². The molecule has 13 heteroatoms. The van der Waals surface area contributed by atoms with E-state index in [0.29, 0.717) is 0 Å². The van der Waals surface area contributed by atoms with Crippen molar-refractivity contribution in [3.05, 3.63) is 90.5 Å². The van der Waals surface area contributed by atoms with Crippen molar-refractivity contribution in [3.63, 3.8) is 0 Å². The van der Waals surface area contributed by atoms with E-state index in [-0.39, 0.29) is 5.56 Å². The van der Waals surface area contributed by atoms with Crippen LogP contribution in [0.3, 0.4) is 0 Å². The lowest BCUT2D eigenvalue weighted by Gasteiger charge is -2.47. The molecular formula is C33H40N2O11. The predicted molar refractivity (Wildman–Crippen MR) is 165 cm³/mol. The maximum Gasteiger partial charge on any atom is 0.251 e. The number of nitrogens with zero attached hydrogens (tertiary/aromatic N) is 1. The average molecular weight is 641 g/mol. The van der Waals surface area contributed by atoms with E-state index in [4.69, 9.17) is 23.7 Å². The third-order valence-electron chi connectivity index (χ3n) is 8.18. The van der Waals surface area contributed by atoms with Crippen molar-refractivity contribution in [2.75, 3.05) is 32.3 Å². The number of methoxy groups -OCH3 is 2. The molecule has 13 nitrogen and oxygen atoms in total. The maximum atomic E-state index is 13.6. The van der Waals surface area contributed by atoms with E-state index in [1.165, 1.54) is 14.2 Å². The Bertz CT molecular complexity index is 1340. The Balaban J connectivity index is 1.39. The van der Waals surface area contributed by atoms with E-state index < -0.39 is 80.5 Å². The monoisotopic (exact) mass is 640 g/mol. The molecule has 2 heterocycles. The second-order valence-electron chi connectivity index (χ2n) is 11.0. The van der Waals surface area contributed by atoms with Crippen LogP contribution >= 0.6 is 0 Å². The van der Waals surface area contributed by atoms with E-state index in [1.807, 2.05) is 65.6 Å². The fourth-order valence-corrected chi connectivity index (χ4v) is 5.80. The lowest BCUT2D eigenvalue weighted by Crippen LogP contribution is -2.68. The number of nitrogens with one attached hydrogen (secondary N) is 1. The standard InChI is InChI=1S/C33H40N2O11/c1-42-29-23(17-36)44-32(46-30-24(18-37)45-33(43-2)28(40)27(30)39)25(26(29)38)34-31(41)19-13-15-22(16-14-19)35(20-9-5-3-6-10-20)21-11-7-4-8-12-21/h3-16,23-30,32-33,36-40H,17-18H2,1-2H3,(H,34,41). The second kappa shape index (κ2) is 15.4. The van der Waals surface area contributed by atoms with Crippen LogP contribution in [0.2, 0.25) is 0 Å². The zero-order chi connectivity index (χ0) is 32.8. The van der Waals surface area contributed by atoms with Crippen LogP contribution in [0.15, 0.2) is 84.9 Å². The van der Waals surface area contributed by atoms with E-state index in [0.717, 1.165) is 17.1 Å². The van der Waals surface area contributed by atoms with Crippen LogP contribution in [0.25, 0.3) is 0 Å². The minimum Gasteiger partial charge on any atom is -0.394 e. The van der Waals surface area contributed by atoms with Gasteiger partial charge in [0.2, 0.25) is 0 Å². The van der Waals surface area contributed by atoms with Crippen LogP contribution < -0.4 is 10.2 Å². The Morgan fingerprint density at radius 1 is 0.696 bits per heavy atom. The van der Waals surface area contributed by atoms with Gasteiger partial charge in [0.1, 0.15) is 48.8 Å². The Labute approximate surface area is 266 Å². The summed E-state index contributed by atoms with van der Waals surface area (Å²) in [6, 6.07) is 25.2. The van der Waals surface area contributed by atoms with Gasteiger partial charge in [0.05, 0.1) is 13.2 Å². The average Bonchev–Trinajstić information content (AvgIpc) is 3.09. The van der Waals surface area contributed by atoms with Crippen LogP contribution in [-0.4, -0.2) is 120 Å². The molecule has 0 spiro atoms. The van der Waals surface area contributed by atoms with Gasteiger partial charge >= 0.3 is 0 Å². The van der Waals surface area contributed by atoms with Gasteiger partial charge in [-0.15, -0.1) is 0 Å². The first-order valence-electron chi connectivity index (χ1n) is 14.9. The molecule has 10 unspecified atom stereocenters. The molecule has 0 radical (unpaired) electrons. The molecule has 5 rings (SSSR count). The van der Waals surface area contributed by atoms with Crippen LogP contribution in [-0.2, 0) is 23.7 Å². The number of para-hydroxylation sites is 2. The zero-order valence-corrected chi connectivity index (χ0v) is 25.4. The molecule has 0 bridgehead atoms. The molecule has 10 atom stereocenters. The van der Waals surface area contributed by atoms with E-state index in [9.17, 15) is 30.3 Å². The molecule has 2 fully saturated rings. The minimum absolute atomic E-state index is 0.265. The molecule has 0 aromatic heterocycles. The van der Waals surface area contributed by atoms with Crippen molar-refractivity contribution >= 4 is 23.0 Å². The topological polar surface area (TPSA) is 180 Å². The lowest BCUT2D eigenvalue weighted by molar-refractivity contribution is -0.344. The number of aliphatic hydroxyl groups is 5. The van der Waals surface area contributed by atoms with Crippen LogP contribution in [0, 0.1) is 0 Å². The van der Waals surface area contributed by atoms with E-state index in [2.05, 4.69) is 5.32 Å². The summed E-state index contributed by atoms with van der Waals surface area (Å²) in [5.41, 5.74) is 2.92. The summed E-state index contributed by atoms with van der Waals surface area (Å²) < 4.78 is 27.8. The molecule has 2 aliphatic rings. The van der Waals surface area contributed by atoms with Crippen molar-refractivity contribution in [3.8, 4) is 0 Å². The molecule has 2 saturated heterocycles. The highest BCUT2D eigenvalue weighted by Crippen LogP contribution is 2.34. The highest BCUT2D eigenvalue weighted by Gasteiger charge is 2.51. The molecule has 0 saturated carbocycles. The first-order valence-corrected chi connectivity index (χ1v) is 14.9. The number of amides is 1. The van der Waals surface area contributed by atoms with Gasteiger partial charge < -0.3 is 59.4 Å². The first kappa shape index (κ1) is 33.9. The quantitative estimate of drug-likeness (QED) is 0.174. The lowest BCUT2D eigenvalue weighted by atomic mass is 9.95. The highest BCUT2D eigenvalue weighted by molar-refractivity contribution is 5.95. The van der Waals surface area contributed by atoms with Gasteiger partial charge in [0.25, 0.3) is 5.91 Å². The molecular weight excluding hydrogens is 600 g/mol. The predicted octanol–water partition coefficient (Wildman–Crippen LogP) is 0.819. The molecule has 3 aromatic rings. The Morgan fingerprint density at radius 3 is 1.74 bits per heavy atom. The van der Waals surface area contributed by atoms with Gasteiger partial charge in [-0.25, -0.2) is 0 Å². The second-order valence-corrected chi connectivity index (χ2v) is 11.0. The van der Waals surface area contributed by atoms with Crippen molar-refractivity contribution in [1.29, 1.82) is 0 Å². The maximum absolute atomic E-state index is 13.6. The fraction of sp³-hybridized carbons (Fsp3) is 0.424. The van der Waals surface area contributed by atoms with Gasteiger partial charge in [-0.2, -0.15) is 0 Å². The normalized spacial score (nSPS) is 31.3. The van der Waals surface area contributed by atoms with E-state index >= 15 is 0 Å². The van der Waals surface area contributed by atoms with Crippen molar-refractivity contribution in [2.45, 2.75) is 61.3 Å². The van der Waals surface area contributed by atoms with Crippen molar-refractivity contribution in [1.82, 2.24) is 5.32 Å².